The number of hydrogen-bond donors (Lipinski definition) is 1. The van der Waals surface area contributed by atoms with Crippen LogP contribution in [0.15, 0.2) is 61.2 Å². The fraction of sp³-hybridized carbons (Fsp3) is 0.469. The van der Waals surface area contributed by atoms with Gasteiger partial charge >= 0.3 is 6.09 Å². The molecule has 3 aliphatic rings. The summed E-state index contributed by atoms with van der Waals surface area (Å²) < 4.78 is 27.8. The second-order valence-corrected chi connectivity index (χ2v) is 11.7. The highest BCUT2D eigenvalue weighted by molar-refractivity contribution is 6.08. The number of aliphatic hydroxyl groups excluding tert-OH is 1. The molecule has 0 radical (unpaired) electrons. The van der Waals surface area contributed by atoms with Gasteiger partial charge in [-0.25, -0.2) is 9.18 Å². The van der Waals surface area contributed by atoms with Crippen LogP contribution in [0.5, 0.6) is 0 Å². The van der Waals surface area contributed by atoms with Gasteiger partial charge in [-0.15, -0.1) is 6.58 Å². The second kappa shape index (κ2) is 11.5. The molecule has 0 saturated carbocycles. The molecule has 3 aliphatic heterocycles. The average molecular weight is 580 g/mol. The lowest BCUT2D eigenvalue weighted by Gasteiger charge is -2.32. The Hall–Kier alpha value is -3.76. The molecule has 0 bridgehead atoms. The minimum Gasteiger partial charge on any atom is -0.447 e. The first-order chi connectivity index (χ1) is 20.0. The van der Waals surface area contributed by atoms with Gasteiger partial charge in [-0.05, 0) is 37.6 Å². The van der Waals surface area contributed by atoms with Crippen LogP contribution in [-0.2, 0) is 31.2 Å². The van der Waals surface area contributed by atoms with Gasteiger partial charge in [-0.3, -0.25) is 14.5 Å². The van der Waals surface area contributed by atoms with Crippen molar-refractivity contribution in [1.29, 1.82) is 0 Å². The first-order valence-electron chi connectivity index (χ1n) is 14.3. The van der Waals surface area contributed by atoms with E-state index in [-0.39, 0.29) is 51.1 Å². The van der Waals surface area contributed by atoms with Gasteiger partial charge in [0.25, 0.3) is 5.91 Å². The summed E-state index contributed by atoms with van der Waals surface area (Å²) in [4.78, 5) is 44.9. The number of amides is 3. The smallest absolute Gasteiger partial charge is 0.414 e. The molecule has 9 nitrogen and oxygen atoms in total. The van der Waals surface area contributed by atoms with Crippen molar-refractivity contribution in [2.45, 2.75) is 51.1 Å². The highest BCUT2D eigenvalue weighted by Gasteiger charge is 2.66. The maximum Gasteiger partial charge on any atom is 0.414 e. The van der Waals surface area contributed by atoms with E-state index in [9.17, 15) is 19.5 Å². The number of anilines is 2. The number of nitrogens with zero attached hydrogens (tertiary/aromatic N) is 3. The Kier molecular flexibility index (Phi) is 8.13. The zero-order chi connectivity index (χ0) is 30.2. The second-order valence-electron chi connectivity index (χ2n) is 11.7. The zero-order valence-corrected chi connectivity index (χ0v) is 24.3. The Balaban J connectivity index is 1.53. The number of alkyl halides is 1. The van der Waals surface area contributed by atoms with Gasteiger partial charge in [0.2, 0.25) is 5.91 Å². The number of cyclic esters (lactones) is 1. The highest BCUT2D eigenvalue weighted by Crippen LogP contribution is 2.58. The van der Waals surface area contributed by atoms with Gasteiger partial charge in [0, 0.05) is 42.7 Å². The lowest BCUT2D eigenvalue weighted by atomic mass is 9.71. The van der Waals surface area contributed by atoms with Crippen molar-refractivity contribution in [3.05, 3.63) is 72.3 Å². The van der Waals surface area contributed by atoms with Crippen LogP contribution in [-0.4, -0.2) is 72.5 Å². The van der Waals surface area contributed by atoms with Crippen LogP contribution in [0.1, 0.15) is 38.3 Å². The number of carbonyl (C=O) groups is 3. The van der Waals surface area contributed by atoms with Gasteiger partial charge in [-0.1, -0.05) is 43.3 Å². The van der Waals surface area contributed by atoms with E-state index < -0.39 is 35.3 Å². The average Bonchev–Trinajstić information content (AvgIpc) is 3.58. The molecule has 10 heteroatoms. The molecular weight excluding hydrogens is 541 g/mol. The molecule has 0 aromatic heterocycles. The largest absolute Gasteiger partial charge is 0.447 e. The topological polar surface area (TPSA) is 99.6 Å². The molecule has 2 aromatic carbocycles. The molecule has 2 fully saturated rings. The molecule has 2 saturated heterocycles. The first kappa shape index (κ1) is 29.7. The number of aliphatic hydroxyl groups is 1. The van der Waals surface area contributed by atoms with E-state index in [4.69, 9.17) is 9.47 Å². The van der Waals surface area contributed by atoms with Crippen molar-refractivity contribution < 1.29 is 33.4 Å². The summed E-state index contributed by atoms with van der Waals surface area (Å²) in [5.74, 6) is -2.13. The van der Waals surface area contributed by atoms with Crippen LogP contribution in [0, 0.1) is 11.8 Å². The summed E-state index contributed by atoms with van der Waals surface area (Å²) in [6.45, 7) is 9.48. The number of carbonyl (C=O) groups excluding carboxylic acids is 3. The Morgan fingerprint density at radius 3 is 2.60 bits per heavy atom. The molecule has 1 N–H and O–H groups in total. The molecule has 2 aromatic rings. The molecule has 3 heterocycles. The summed E-state index contributed by atoms with van der Waals surface area (Å²) >= 11 is 0. The van der Waals surface area contributed by atoms with Gasteiger partial charge in [0.05, 0.1) is 31.4 Å². The van der Waals surface area contributed by atoms with E-state index in [1.165, 1.54) is 23.6 Å². The predicted molar refractivity (Wildman–Crippen MR) is 156 cm³/mol. The van der Waals surface area contributed by atoms with Crippen LogP contribution < -0.4 is 9.80 Å². The minimum atomic E-state index is -1.79. The van der Waals surface area contributed by atoms with E-state index in [2.05, 4.69) is 6.58 Å². The summed E-state index contributed by atoms with van der Waals surface area (Å²) in [6, 6.07) is 14.7. The number of rotatable bonds is 10. The highest BCUT2D eigenvalue weighted by atomic mass is 19.1. The summed E-state index contributed by atoms with van der Waals surface area (Å²) in [6.07, 6.45) is 0.0368. The van der Waals surface area contributed by atoms with E-state index in [0.717, 1.165) is 5.56 Å². The molecule has 42 heavy (non-hydrogen) atoms. The predicted octanol–water partition coefficient (Wildman–Crippen LogP) is 4.18. The molecule has 5 rings (SSSR count). The summed E-state index contributed by atoms with van der Waals surface area (Å²) in [5, 5.41) is 9.69. The van der Waals surface area contributed by atoms with E-state index >= 15 is 4.39 Å². The quantitative estimate of drug-likeness (QED) is 0.424. The maximum absolute atomic E-state index is 16.0. The lowest BCUT2D eigenvalue weighted by molar-refractivity contribution is -0.150. The summed E-state index contributed by atoms with van der Waals surface area (Å²) in [7, 11) is 0. The Morgan fingerprint density at radius 1 is 1.24 bits per heavy atom. The van der Waals surface area contributed by atoms with Crippen molar-refractivity contribution in [2.24, 2.45) is 11.8 Å². The Morgan fingerprint density at radius 2 is 1.98 bits per heavy atom. The number of benzene rings is 2. The molecular formula is C32H38FN3O6. The third kappa shape index (κ3) is 5.07. The molecule has 224 valence electrons. The van der Waals surface area contributed by atoms with E-state index in [1.807, 2.05) is 30.3 Å². The fourth-order valence-corrected chi connectivity index (χ4v) is 6.86. The van der Waals surface area contributed by atoms with Crippen LogP contribution in [0.25, 0.3) is 0 Å². The zero-order valence-electron chi connectivity index (χ0n) is 24.3. The summed E-state index contributed by atoms with van der Waals surface area (Å²) in [5.41, 5.74) is -0.800. The van der Waals surface area contributed by atoms with Gasteiger partial charge in [-0.2, -0.15) is 0 Å². The van der Waals surface area contributed by atoms with Crippen LogP contribution in [0.4, 0.5) is 20.6 Å². The Bertz CT molecular complexity index is 1360. The number of hydrogen-bond acceptors (Lipinski definition) is 6. The van der Waals surface area contributed by atoms with E-state index in [0.29, 0.717) is 23.5 Å². The number of ether oxygens (including phenoxy) is 2. The maximum atomic E-state index is 16.0. The van der Waals surface area contributed by atoms with Crippen molar-refractivity contribution in [3.63, 3.8) is 0 Å². The SMILES string of the molecule is C=CCN1C(=O)[C@@]2(O[C@@H](CC(=O)N(CCO)Cc3ccccc3)[C@H](C(C)(C)F)[C@H]2C)c2cc(N3CCOC3=O)ccc21. The molecule has 3 amide bonds. The van der Waals surface area contributed by atoms with Crippen LogP contribution in [0.2, 0.25) is 0 Å². The number of halogens is 1. The number of fused-ring (bicyclic) bond motifs is 2. The normalized spacial score (nSPS) is 25.2. The van der Waals surface area contributed by atoms with Crippen molar-refractivity contribution in [3.8, 4) is 0 Å². The van der Waals surface area contributed by atoms with Crippen molar-refractivity contribution >= 4 is 29.3 Å². The third-order valence-electron chi connectivity index (χ3n) is 8.64. The molecule has 4 atom stereocenters. The molecule has 1 spiro atoms. The van der Waals surface area contributed by atoms with Gasteiger partial charge in [0.15, 0.2) is 5.60 Å². The minimum absolute atomic E-state index is 0.106. The molecule has 0 unspecified atom stereocenters. The van der Waals surface area contributed by atoms with Gasteiger partial charge < -0.3 is 24.4 Å². The van der Waals surface area contributed by atoms with Crippen LogP contribution in [0.3, 0.4) is 0 Å². The fourth-order valence-electron chi connectivity index (χ4n) is 6.86. The van der Waals surface area contributed by atoms with Gasteiger partial charge in [0.1, 0.15) is 12.3 Å². The Labute approximate surface area is 245 Å². The lowest BCUT2D eigenvalue weighted by Crippen LogP contribution is -2.45. The van der Waals surface area contributed by atoms with Crippen molar-refractivity contribution in [1.82, 2.24) is 4.90 Å². The standard InChI is InChI=1S/C32H38FN3O6/c1-5-13-36-25-12-11-23(35-15-17-41-30(35)40)18-24(25)32(29(36)39)21(2)28(31(3,4)33)26(42-32)19-27(38)34(14-16-37)20-22-9-7-6-8-10-22/h5-12,18,21,26,28,37H,1,13-17,19-20H2,2-4H3/t21-,26+,28-,32+/m1/s1. The molecule has 0 aliphatic carbocycles. The van der Waals surface area contributed by atoms with Crippen molar-refractivity contribution in [2.75, 3.05) is 42.6 Å². The monoisotopic (exact) mass is 579 g/mol. The van der Waals surface area contributed by atoms with E-state index in [1.54, 1.807) is 36.1 Å². The first-order valence-corrected chi connectivity index (χ1v) is 14.3. The third-order valence-corrected chi connectivity index (χ3v) is 8.64. The van der Waals surface area contributed by atoms with Crippen LogP contribution >= 0.6 is 0 Å².